The van der Waals surface area contributed by atoms with Crippen LogP contribution in [0.15, 0.2) is 69.0 Å². The molecule has 3 N–H and O–H groups in total. The summed E-state index contributed by atoms with van der Waals surface area (Å²) in [6.07, 6.45) is 6.28. The molecule has 10 nitrogen and oxygen atoms in total. The van der Waals surface area contributed by atoms with E-state index in [0.717, 1.165) is 17.9 Å². The molecule has 0 unspecified atom stereocenters. The Kier molecular flexibility index (Phi) is 9.45. The van der Waals surface area contributed by atoms with Crippen molar-refractivity contribution < 1.29 is 26.0 Å². The highest BCUT2D eigenvalue weighted by Crippen LogP contribution is 2.29. The summed E-state index contributed by atoms with van der Waals surface area (Å²) in [6, 6.07) is 14.1. The van der Waals surface area contributed by atoms with E-state index in [9.17, 15) is 21.6 Å². The van der Waals surface area contributed by atoms with Gasteiger partial charge in [0.2, 0.25) is 5.09 Å². The van der Waals surface area contributed by atoms with Gasteiger partial charge in [0.25, 0.3) is 26.0 Å². The number of carbonyl (C=O) groups is 1. The van der Waals surface area contributed by atoms with Crippen LogP contribution in [0, 0.1) is 12.8 Å². The highest BCUT2D eigenvalue weighted by molar-refractivity contribution is 7.93. The molecule has 1 aliphatic carbocycles. The topological polar surface area (TPSA) is 138 Å². The number of hydrogen-bond donors (Lipinski definition) is 3. The molecule has 1 fully saturated rings. The van der Waals surface area contributed by atoms with E-state index >= 15 is 0 Å². The number of nitrogens with zero attached hydrogens (tertiary/aromatic N) is 1. The first-order valence-electron chi connectivity index (χ1n) is 13.6. The van der Waals surface area contributed by atoms with Gasteiger partial charge in [-0.05, 0) is 62.1 Å². The maximum Gasteiger partial charge on any atom is 0.295 e. The highest BCUT2D eigenvalue weighted by atomic mass is 32.2. The van der Waals surface area contributed by atoms with Crippen LogP contribution in [0.1, 0.15) is 60.7 Å². The van der Waals surface area contributed by atoms with E-state index < -0.39 is 25.1 Å². The number of hydrogen-bond acceptors (Lipinski definition) is 7. The first-order valence-corrected chi connectivity index (χ1v) is 16.6. The number of carbonyl (C=O) groups excluding carboxylic acids is 1. The number of para-hydroxylation sites is 1. The van der Waals surface area contributed by atoms with Gasteiger partial charge in [-0.25, -0.2) is 8.42 Å². The lowest BCUT2D eigenvalue weighted by Crippen LogP contribution is -2.28. The third-order valence-electron chi connectivity index (χ3n) is 7.28. The normalized spacial score (nSPS) is 15.0. The Balaban J connectivity index is 1.42. The van der Waals surface area contributed by atoms with Crippen LogP contribution in [0.25, 0.3) is 0 Å². The molecule has 0 radical (unpaired) electrons. The second-order valence-electron chi connectivity index (χ2n) is 10.8. The summed E-state index contributed by atoms with van der Waals surface area (Å²) in [5.41, 5.74) is 1.59. The van der Waals surface area contributed by atoms with Crippen molar-refractivity contribution in [3.05, 3.63) is 71.5 Å². The average molecular weight is 603 g/mol. The van der Waals surface area contributed by atoms with Crippen LogP contribution in [-0.2, 0) is 26.6 Å². The van der Waals surface area contributed by atoms with E-state index in [1.807, 2.05) is 12.1 Å². The van der Waals surface area contributed by atoms with Crippen molar-refractivity contribution in [1.29, 1.82) is 0 Å². The van der Waals surface area contributed by atoms with Crippen LogP contribution in [-0.4, -0.2) is 47.8 Å². The van der Waals surface area contributed by atoms with E-state index in [0.29, 0.717) is 18.3 Å². The van der Waals surface area contributed by atoms with Gasteiger partial charge in [0.1, 0.15) is 5.76 Å². The van der Waals surface area contributed by atoms with Crippen LogP contribution in [0.5, 0.6) is 0 Å². The maximum atomic E-state index is 13.2. The van der Waals surface area contributed by atoms with Crippen molar-refractivity contribution in [2.45, 2.75) is 68.5 Å². The molecule has 2 aromatic carbocycles. The Morgan fingerprint density at radius 2 is 1.63 bits per heavy atom. The zero-order valence-corrected chi connectivity index (χ0v) is 25.4. The van der Waals surface area contributed by atoms with Crippen molar-refractivity contribution in [3.63, 3.8) is 0 Å². The van der Waals surface area contributed by atoms with Crippen LogP contribution < -0.4 is 14.8 Å². The molecule has 222 valence electrons. The average Bonchev–Trinajstić information content (AvgIpc) is 3.57. The maximum absolute atomic E-state index is 13.2. The molecule has 0 spiro atoms. The summed E-state index contributed by atoms with van der Waals surface area (Å²) in [6.45, 7) is 4.20. The van der Waals surface area contributed by atoms with Gasteiger partial charge < -0.3 is 14.6 Å². The molecular weight excluding hydrogens is 564 g/mol. The molecule has 12 heteroatoms. The first kappa shape index (κ1) is 30.6. The monoisotopic (exact) mass is 602 g/mol. The van der Waals surface area contributed by atoms with Crippen molar-refractivity contribution in [1.82, 2.24) is 10.2 Å². The van der Waals surface area contributed by atoms with Gasteiger partial charge in [-0.15, -0.1) is 0 Å². The second-order valence-corrected chi connectivity index (χ2v) is 14.1. The van der Waals surface area contributed by atoms with Gasteiger partial charge in [-0.3, -0.25) is 14.2 Å². The molecule has 0 saturated heterocycles. The standard InChI is InChI=1S/C29H38N4O6S2/c1-20(17-22-9-5-6-10-22)30-19-23-11-7-8-12-27(23)32-40(35,36)25-15-13-24(14-16-25)31-41(37,38)28-18-26(21(2)39-28)29(34)33(3)4/h7-8,11-16,18,20,22,30-32H,5-6,9-10,17,19H2,1-4H3/t20-/m0/s1. The second kappa shape index (κ2) is 12.7. The van der Waals surface area contributed by atoms with E-state index in [-0.39, 0.29) is 27.8 Å². The minimum atomic E-state index is -4.16. The number of benzene rings is 2. The third-order valence-corrected chi connectivity index (χ3v) is 9.89. The molecule has 41 heavy (non-hydrogen) atoms. The summed E-state index contributed by atoms with van der Waals surface area (Å²) in [5.74, 6) is 0.549. The van der Waals surface area contributed by atoms with E-state index in [1.54, 1.807) is 26.2 Å². The predicted octanol–water partition coefficient (Wildman–Crippen LogP) is 4.95. The highest BCUT2D eigenvalue weighted by Gasteiger charge is 2.25. The molecule has 0 bridgehead atoms. The lowest BCUT2D eigenvalue weighted by molar-refractivity contribution is 0.0826. The number of aryl methyl sites for hydroxylation is 1. The number of rotatable bonds is 12. The number of nitrogens with one attached hydrogen (secondary N) is 3. The Morgan fingerprint density at radius 1 is 0.976 bits per heavy atom. The minimum Gasteiger partial charge on any atom is -0.447 e. The predicted molar refractivity (Wildman–Crippen MR) is 159 cm³/mol. The Labute approximate surface area is 242 Å². The SMILES string of the molecule is Cc1oc(S(=O)(=O)Nc2ccc(S(=O)(=O)Nc3ccccc3CN[C@@H](C)CC3CCCC3)cc2)cc1C(=O)N(C)C. The summed E-state index contributed by atoms with van der Waals surface area (Å²) in [4.78, 5) is 13.6. The fourth-order valence-corrected chi connectivity index (χ4v) is 7.19. The van der Waals surface area contributed by atoms with Crippen LogP contribution in [0.2, 0.25) is 0 Å². The molecule has 4 rings (SSSR count). The van der Waals surface area contributed by atoms with Gasteiger partial charge in [0.05, 0.1) is 16.1 Å². The van der Waals surface area contributed by atoms with Crippen molar-refractivity contribution in [2.75, 3.05) is 23.5 Å². The zero-order valence-electron chi connectivity index (χ0n) is 23.8. The minimum absolute atomic E-state index is 0.0227. The Bertz CT molecular complexity index is 1580. The van der Waals surface area contributed by atoms with Crippen LogP contribution in [0.4, 0.5) is 11.4 Å². The van der Waals surface area contributed by atoms with E-state index in [4.69, 9.17) is 4.42 Å². The largest absolute Gasteiger partial charge is 0.447 e. The van der Waals surface area contributed by atoms with Crippen molar-refractivity contribution >= 4 is 37.3 Å². The summed E-state index contributed by atoms with van der Waals surface area (Å²) < 4.78 is 62.4. The molecule has 1 aromatic heterocycles. The van der Waals surface area contributed by atoms with Crippen molar-refractivity contribution in [2.24, 2.45) is 5.92 Å². The van der Waals surface area contributed by atoms with Gasteiger partial charge in [0.15, 0.2) is 0 Å². The number of anilines is 2. The molecule has 0 aliphatic heterocycles. The molecule has 1 amide bonds. The van der Waals surface area contributed by atoms with Gasteiger partial charge >= 0.3 is 0 Å². The Morgan fingerprint density at radius 3 is 2.29 bits per heavy atom. The summed E-state index contributed by atoms with van der Waals surface area (Å²) >= 11 is 0. The van der Waals surface area contributed by atoms with Crippen LogP contribution in [0.3, 0.4) is 0 Å². The number of furan rings is 1. The molecule has 1 atom stereocenters. The smallest absolute Gasteiger partial charge is 0.295 e. The van der Waals surface area contributed by atoms with E-state index in [1.165, 1.54) is 67.8 Å². The van der Waals surface area contributed by atoms with Crippen molar-refractivity contribution in [3.8, 4) is 0 Å². The number of sulfonamides is 2. The van der Waals surface area contributed by atoms with Crippen LogP contribution >= 0.6 is 0 Å². The summed E-state index contributed by atoms with van der Waals surface area (Å²) in [7, 11) is -4.99. The Hall–Kier alpha value is -3.35. The van der Waals surface area contributed by atoms with E-state index in [2.05, 4.69) is 21.7 Å². The molecule has 3 aromatic rings. The molecule has 1 heterocycles. The lowest BCUT2D eigenvalue weighted by atomic mass is 9.99. The van der Waals surface area contributed by atoms with Gasteiger partial charge in [-0.1, -0.05) is 43.9 Å². The fraction of sp³-hybridized carbons (Fsp3) is 0.414. The quantitative estimate of drug-likeness (QED) is 0.267. The fourth-order valence-electron chi connectivity index (χ4n) is 5.04. The molecular formula is C29H38N4O6S2. The number of amides is 1. The zero-order chi connectivity index (χ0) is 29.8. The lowest BCUT2D eigenvalue weighted by Gasteiger charge is -2.19. The third kappa shape index (κ3) is 7.69. The molecule has 1 aliphatic rings. The van der Waals surface area contributed by atoms with Gasteiger partial charge in [-0.2, -0.15) is 8.42 Å². The molecule has 1 saturated carbocycles. The first-order chi connectivity index (χ1) is 19.4. The van der Waals surface area contributed by atoms with Gasteiger partial charge in [0, 0.05) is 38.4 Å². The summed E-state index contributed by atoms with van der Waals surface area (Å²) in [5, 5.41) is 3.11.